The Morgan fingerprint density at radius 2 is 2.20 bits per heavy atom. The monoisotopic (exact) mass is 296 g/mol. The third-order valence-electron chi connectivity index (χ3n) is 3.92. The van der Waals surface area contributed by atoms with Gasteiger partial charge in [0, 0.05) is 24.9 Å². The summed E-state index contributed by atoms with van der Waals surface area (Å²) in [5.41, 5.74) is 2.12. The Kier molecular flexibility index (Phi) is 3.70. The number of hydrogen-bond donors (Lipinski definition) is 2. The molecule has 1 fully saturated rings. The zero-order chi connectivity index (χ0) is 14.2. The van der Waals surface area contributed by atoms with E-state index >= 15 is 0 Å². The standard InChI is InChI=1S/C14H20N2O3S/c1-2-19-12-7-11(8-12)16-20(17,18)13-4-3-10-5-6-15-14(10)9-13/h3-4,9,11-12,15-16H,2,5-8H2,1H3. The van der Waals surface area contributed by atoms with Crippen molar-refractivity contribution in [3.05, 3.63) is 23.8 Å². The minimum Gasteiger partial charge on any atom is -0.384 e. The third-order valence-corrected chi connectivity index (χ3v) is 5.44. The van der Waals surface area contributed by atoms with E-state index in [0.29, 0.717) is 11.5 Å². The Balaban J connectivity index is 1.67. The predicted octanol–water partition coefficient (Wildman–Crippen LogP) is 1.50. The molecule has 2 aliphatic rings. The fourth-order valence-electron chi connectivity index (χ4n) is 2.76. The Labute approximate surface area is 119 Å². The largest absolute Gasteiger partial charge is 0.384 e. The van der Waals surface area contributed by atoms with Crippen molar-refractivity contribution in [3.63, 3.8) is 0 Å². The zero-order valence-electron chi connectivity index (χ0n) is 11.6. The molecule has 0 bridgehead atoms. The van der Waals surface area contributed by atoms with Gasteiger partial charge in [-0.3, -0.25) is 0 Å². The highest BCUT2D eigenvalue weighted by Gasteiger charge is 2.33. The van der Waals surface area contributed by atoms with E-state index in [4.69, 9.17) is 4.74 Å². The molecule has 1 aromatic carbocycles. The summed E-state index contributed by atoms with van der Waals surface area (Å²) in [7, 11) is -3.43. The first-order valence-electron chi connectivity index (χ1n) is 7.09. The highest BCUT2D eigenvalue weighted by atomic mass is 32.2. The van der Waals surface area contributed by atoms with E-state index in [0.717, 1.165) is 31.5 Å². The molecular formula is C14H20N2O3S. The van der Waals surface area contributed by atoms with Crippen LogP contribution in [0.5, 0.6) is 0 Å². The summed E-state index contributed by atoms with van der Waals surface area (Å²) in [6.07, 6.45) is 2.68. The van der Waals surface area contributed by atoms with Crippen LogP contribution < -0.4 is 10.0 Å². The van der Waals surface area contributed by atoms with Gasteiger partial charge in [-0.25, -0.2) is 13.1 Å². The molecule has 20 heavy (non-hydrogen) atoms. The van der Waals surface area contributed by atoms with Crippen LogP contribution in [0.25, 0.3) is 0 Å². The molecule has 0 radical (unpaired) electrons. The van der Waals surface area contributed by atoms with E-state index in [2.05, 4.69) is 10.0 Å². The summed E-state index contributed by atoms with van der Waals surface area (Å²) in [6, 6.07) is 5.31. The van der Waals surface area contributed by atoms with E-state index in [1.54, 1.807) is 12.1 Å². The molecule has 5 nitrogen and oxygen atoms in total. The van der Waals surface area contributed by atoms with Gasteiger partial charge in [0.25, 0.3) is 0 Å². The molecule has 1 saturated carbocycles. The maximum Gasteiger partial charge on any atom is 0.240 e. The minimum atomic E-state index is -3.43. The maximum atomic E-state index is 12.3. The first kappa shape index (κ1) is 13.9. The van der Waals surface area contributed by atoms with Crippen LogP contribution in [0, 0.1) is 0 Å². The summed E-state index contributed by atoms with van der Waals surface area (Å²) in [4.78, 5) is 0.338. The lowest BCUT2D eigenvalue weighted by molar-refractivity contribution is -0.00475. The Hall–Kier alpha value is -1.11. The Morgan fingerprint density at radius 3 is 2.95 bits per heavy atom. The van der Waals surface area contributed by atoms with Gasteiger partial charge in [0.2, 0.25) is 10.0 Å². The molecule has 0 aromatic heterocycles. The van der Waals surface area contributed by atoms with Crippen LogP contribution in [-0.4, -0.2) is 33.7 Å². The second-order valence-electron chi connectivity index (χ2n) is 5.36. The maximum absolute atomic E-state index is 12.3. The fourth-order valence-corrected chi connectivity index (χ4v) is 4.05. The quantitative estimate of drug-likeness (QED) is 0.864. The number of hydrogen-bond acceptors (Lipinski definition) is 4. The molecule has 1 aromatic rings. The van der Waals surface area contributed by atoms with Crippen molar-refractivity contribution in [2.24, 2.45) is 0 Å². The zero-order valence-corrected chi connectivity index (χ0v) is 12.4. The number of ether oxygens (including phenoxy) is 1. The lowest BCUT2D eigenvalue weighted by Crippen LogP contribution is -2.47. The summed E-state index contributed by atoms with van der Waals surface area (Å²) in [5, 5.41) is 3.21. The number of sulfonamides is 1. The number of benzene rings is 1. The van der Waals surface area contributed by atoms with Gasteiger partial charge in [-0.15, -0.1) is 0 Å². The van der Waals surface area contributed by atoms with Crippen LogP contribution in [0.15, 0.2) is 23.1 Å². The fraction of sp³-hybridized carbons (Fsp3) is 0.571. The van der Waals surface area contributed by atoms with Gasteiger partial charge in [0.1, 0.15) is 0 Å². The lowest BCUT2D eigenvalue weighted by Gasteiger charge is -2.35. The van der Waals surface area contributed by atoms with Gasteiger partial charge >= 0.3 is 0 Å². The van der Waals surface area contributed by atoms with E-state index in [9.17, 15) is 8.42 Å². The molecule has 1 aliphatic heterocycles. The summed E-state index contributed by atoms with van der Waals surface area (Å²) in [6.45, 7) is 3.51. The lowest BCUT2D eigenvalue weighted by atomic mass is 9.90. The molecule has 110 valence electrons. The number of rotatable bonds is 5. The molecule has 6 heteroatoms. The first-order chi connectivity index (χ1) is 9.58. The third kappa shape index (κ3) is 2.68. The molecule has 0 amide bonds. The van der Waals surface area contributed by atoms with Crippen molar-refractivity contribution >= 4 is 15.7 Å². The minimum absolute atomic E-state index is 0.00207. The molecule has 2 N–H and O–H groups in total. The summed E-state index contributed by atoms with van der Waals surface area (Å²) >= 11 is 0. The highest BCUT2D eigenvalue weighted by Crippen LogP contribution is 2.28. The molecule has 3 rings (SSSR count). The molecule has 0 unspecified atom stereocenters. The second kappa shape index (κ2) is 5.35. The van der Waals surface area contributed by atoms with Gasteiger partial charge in [0.15, 0.2) is 0 Å². The smallest absolute Gasteiger partial charge is 0.240 e. The summed E-state index contributed by atoms with van der Waals surface area (Å²) < 4.78 is 32.8. The first-order valence-corrected chi connectivity index (χ1v) is 8.57. The van der Waals surface area contributed by atoms with Gasteiger partial charge in [-0.2, -0.15) is 0 Å². The number of nitrogens with one attached hydrogen (secondary N) is 2. The van der Waals surface area contributed by atoms with Gasteiger partial charge in [-0.1, -0.05) is 6.07 Å². The average Bonchev–Trinajstić information content (AvgIpc) is 2.83. The van der Waals surface area contributed by atoms with Crippen LogP contribution in [0.3, 0.4) is 0 Å². The Morgan fingerprint density at radius 1 is 1.40 bits per heavy atom. The van der Waals surface area contributed by atoms with E-state index in [1.165, 1.54) is 5.56 Å². The van der Waals surface area contributed by atoms with Gasteiger partial charge in [0.05, 0.1) is 11.0 Å². The van der Waals surface area contributed by atoms with E-state index < -0.39 is 10.0 Å². The van der Waals surface area contributed by atoms with E-state index in [-0.39, 0.29) is 12.1 Å². The molecule has 0 spiro atoms. The van der Waals surface area contributed by atoms with Crippen molar-refractivity contribution in [2.75, 3.05) is 18.5 Å². The van der Waals surface area contributed by atoms with E-state index in [1.807, 2.05) is 13.0 Å². The van der Waals surface area contributed by atoms with Gasteiger partial charge in [-0.05, 0) is 43.9 Å². The van der Waals surface area contributed by atoms with Crippen LogP contribution in [0.1, 0.15) is 25.3 Å². The normalized spacial score (nSPS) is 24.9. The van der Waals surface area contributed by atoms with Crippen molar-refractivity contribution in [1.82, 2.24) is 4.72 Å². The SMILES string of the molecule is CCOC1CC(NS(=O)(=O)c2ccc3c(c2)NCC3)C1. The van der Waals surface area contributed by atoms with Crippen LogP contribution in [-0.2, 0) is 21.2 Å². The molecule has 1 aliphatic carbocycles. The average molecular weight is 296 g/mol. The van der Waals surface area contributed by atoms with Crippen molar-refractivity contribution in [1.29, 1.82) is 0 Å². The summed E-state index contributed by atoms with van der Waals surface area (Å²) in [5.74, 6) is 0. The Bertz CT molecular complexity index is 594. The van der Waals surface area contributed by atoms with Crippen LogP contribution >= 0.6 is 0 Å². The highest BCUT2D eigenvalue weighted by molar-refractivity contribution is 7.89. The predicted molar refractivity (Wildman–Crippen MR) is 77.4 cm³/mol. The molecular weight excluding hydrogens is 276 g/mol. The molecule has 0 saturated heterocycles. The van der Waals surface area contributed by atoms with Crippen molar-refractivity contribution in [3.8, 4) is 0 Å². The van der Waals surface area contributed by atoms with Crippen molar-refractivity contribution in [2.45, 2.75) is 43.2 Å². The number of fused-ring (bicyclic) bond motifs is 1. The van der Waals surface area contributed by atoms with Gasteiger partial charge < -0.3 is 10.1 Å². The van der Waals surface area contributed by atoms with Crippen molar-refractivity contribution < 1.29 is 13.2 Å². The second-order valence-corrected chi connectivity index (χ2v) is 7.08. The molecule has 0 atom stereocenters. The van der Waals surface area contributed by atoms with Crippen LogP contribution in [0.2, 0.25) is 0 Å². The molecule has 1 heterocycles. The topological polar surface area (TPSA) is 67.4 Å². The number of anilines is 1. The van der Waals surface area contributed by atoms with Crippen LogP contribution in [0.4, 0.5) is 5.69 Å².